The van der Waals surface area contributed by atoms with Gasteiger partial charge in [-0.15, -0.1) is 0 Å². The van der Waals surface area contributed by atoms with Crippen molar-refractivity contribution in [3.05, 3.63) is 84.4 Å². The fourth-order valence-electron chi connectivity index (χ4n) is 3.95. The van der Waals surface area contributed by atoms with Crippen LogP contribution in [-0.4, -0.2) is 32.4 Å². The Balaban J connectivity index is 1.97. The average molecular weight is 515 g/mol. The van der Waals surface area contributed by atoms with Crippen LogP contribution in [0.15, 0.2) is 78.9 Å². The number of hydrogen-bond acceptors (Lipinski definition) is 8. The van der Waals surface area contributed by atoms with Gasteiger partial charge in [0.15, 0.2) is 23.0 Å². The van der Waals surface area contributed by atoms with E-state index in [2.05, 4.69) is 0 Å². The number of esters is 2. The van der Waals surface area contributed by atoms with E-state index >= 15 is 0 Å². The summed E-state index contributed by atoms with van der Waals surface area (Å²) in [5.74, 6) is -3.24. The predicted octanol–water partition coefficient (Wildman–Crippen LogP) is 5.70. The maximum Gasteiger partial charge on any atom is 0.315 e. The minimum Gasteiger partial charge on any atom is -0.508 e. The monoisotopic (exact) mass is 514 g/mol. The molecule has 0 radical (unpaired) electrons. The normalized spacial score (nSPS) is 10.7. The Morgan fingerprint density at radius 2 is 1.08 bits per heavy atom. The second kappa shape index (κ2) is 11.4. The zero-order valence-electron chi connectivity index (χ0n) is 20.5. The highest BCUT2D eigenvalue weighted by molar-refractivity contribution is 5.96. The third-order valence-electron chi connectivity index (χ3n) is 5.75. The lowest BCUT2D eigenvalue weighted by Gasteiger charge is -2.21. The second-order valence-corrected chi connectivity index (χ2v) is 8.56. The number of carbonyl (C=O) groups is 2. The van der Waals surface area contributed by atoms with E-state index < -0.39 is 23.4 Å². The maximum absolute atomic E-state index is 13.1. The molecule has 0 fully saturated rings. The summed E-state index contributed by atoms with van der Waals surface area (Å²) in [5.41, 5.74) is 1.04. The molecule has 0 spiro atoms. The summed E-state index contributed by atoms with van der Waals surface area (Å²) >= 11 is 0. The molecule has 0 atom stereocenters. The van der Waals surface area contributed by atoms with Gasteiger partial charge in [-0.25, -0.2) is 0 Å². The third-order valence-corrected chi connectivity index (χ3v) is 5.75. The fraction of sp³-hybridized carbons (Fsp3) is 0.133. The largest absolute Gasteiger partial charge is 0.508 e. The molecule has 0 saturated heterocycles. The number of carbonyl (C=O) groups excluding carboxylic acids is 2. The number of aromatic hydroxyl groups is 4. The van der Waals surface area contributed by atoms with E-state index in [0.29, 0.717) is 12.0 Å². The minimum atomic E-state index is -0.703. The highest BCUT2D eigenvalue weighted by Crippen LogP contribution is 2.56. The molecule has 0 aliphatic carbocycles. The lowest BCUT2D eigenvalue weighted by molar-refractivity contribution is -0.136. The zero-order valence-corrected chi connectivity index (χ0v) is 20.5. The van der Waals surface area contributed by atoms with Crippen molar-refractivity contribution in [3.63, 3.8) is 0 Å². The van der Waals surface area contributed by atoms with Crippen LogP contribution in [0, 0.1) is 0 Å². The van der Waals surface area contributed by atoms with Gasteiger partial charge in [-0.1, -0.05) is 61.5 Å². The Bertz CT molecular complexity index is 1440. The molecule has 38 heavy (non-hydrogen) atoms. The van der Waals surface area contributed by atoms with Crippen molar-refractivity contribution in [3.8, 4) is 56.8 Å². The molecule has 4 aromatic rings. The molecular formula is C30H26O8. The number of phenolic OH excluding ortho intramolecular Hbond substituents is 4. The molecular weight excluding hydrogens is 488 g/mol. The molecule has 0 unspecified atom stereocenters. The van der Waals surface area contributed by atoms with Crippen LogP contribution in [0.4, 0.5) is 0 Å². The van der Waals surface area contributed by atoms with Crippen LogP contribution in [-0.2, 0) is 16.0 Å². The predicted molar refractivity (Wildman–Crippen MR) is 140 cm³/mol. The molecule has 8 nitrogen and oxygen atoms in total. The molecule has 0 aromatic heterocycles. The standard InChI is InChI=1S/C30H26O8/c1-2-6-23(33)37-29-25(19-9-13-21(31)14-10-19)27(35)28(36)26(20-11-15-22(32)16-12-20)30(29)38-24(34)17-18-7-4-3-5-8-18/h3-5,7-16,31-32,35-36H,2,6,17H2,1H3. The van der Waals surface area contributed by atoms with Gasteiger partial charge in [0.2, 0.25) is 0 Å². The number of hydrogen-bond donors (Lipinski definition) is 4. The van der Waals surface area contributed by atoms with Crippen LogP contribution in [0.3, 0.4) is 0 Å². The van der Waals surface area contributed by atoms with E-state index in [-0.39, 0.29) is 58.1 Å². The van der Waals surface area contributed by atoms with Gasteiger partial charge in [0.05, 0.1) is 17.5 Å². The van der Waals surface area contributed by atoms with E-state index in [1.807, 2.05) is 6.07 Å². The first-order valence-corrected chi connectivity index (χ1v) is 11.9. The van der Waals surface area contributed by atoms with Crippen molar-refractivity contribution >= 4 is 11.9 Å². The van der Waals surface area contributed by atoms with Crippen molar-refractivity contribution in [2.24, 2.45) is 0 Å². The van der Waals surface area contributed by atoms with Gasteiger partial charge in [0, 0.05) is 6.42 Å². The molecule has 8 heteroatoms. The van der Waals surface area contributed by atoms with Gasteiger partial charge in [0.25, 0.3) is 0 Å². The Labute approximate surface area is 219 Å². The quantitative estimate of drug-likeness (QED) is 0.134. The lowest BCUT2D eigenvalue weighted by atomic mass is 9.95. The maximum atomic E-state index is 13.1. The molecule has 0 aliphatic rings. The summed E-state index contributed by atoms with van der Waals surface area (Å²) in [7, 11) is 0. The molecule has 4 N–H and O–H groups in total. The van der Waals surface area contributed by atoms with Gasteiger partial charge < -0.3 is 29.9 Å². The first-order valence-electron chi connectivity index (χ1n) is 11.9. The van der Waals surface area contributed by atoms with Crippen LogP contribution in [0.1, 0.15) is 25.3 Å². The van der Waals surface area contributed by atoms with Crippen molar-refractivity contribution in [2.75, 3.05) is 0 Å². The number of ether oxygens (including phenoxy) is 2. The molecule has 4 rings (SSSR count). The van der Waals surface area contributed by atoms with Crippen molar-refractivity contribution in [2.45, 2.75) is 26.2 Å². The molecule has 194 valence electrons. The summed E-state index contributed by atoms with van der Waals surface area (Å²) in [4.78, 5) is 25.8. The van der Waals surface area contributed by atoms with Crippen LogP contribution < -0.4 is 9.47 Å². The molecule has 0 aliphatic heterocycles. The zero-order chi connectivity index (χ0) is 27.2. The van der Waals surface area contributed by atoms with Gasteiger partial charge in [0.1, 0.15) is 11.5 Å². The van der Waals surface area contributed by atoms with Crippen LogP contribution in [0.2, 0.25) is 0 Å². The molecule has 0 bridgehead atoms. The highest BCUT2D eigenvalue weighted by Gasteiger charge is 2.31. The van der Waals surface area contributed by atoms with Gasteiger partial charge in [-0.3, -0.25) is 9.59 Å². The Morgan fingerprint density at radius 3 is 1.53 bits per heavy atom. The minimum absolute atomic E-state index is 0.0442. The molecule has 4 aromatic carbocycles. The fourth-order valence-corrected chi connectivity index (χ4v) is 3.95. The number of phenols is 4. The first kappa shape index (κ1) is 26.1. The van der Waals surface area contributed by atoms with E-state index in [1.54, 1.807) is 31.2 Å². The summed E-state index contributed by atoms with van der Waals surface area (Å²) in [5, 5.41) is 41.8. The smallest absolute Gasteiger partial charge is 0.315 e. The van der Waals surface area contributed by atoms with Crippen molar-refractivity contribution in [1.82, 2.24) is 0 Å². The van der Waals surface area contributed by atoms with E-state index in [1.165, 1.54) is 48.5 Å². The summed E-state index contributed by atoms with van der Waals surface area (Å²) in [6.07, 6.45) is 0.405. The second-order valence-electron chi connectivity index (χ2n) is 8.56. The van der Waals surface area contributed by atoms with Gasteiger partial charge >= 0.3 is 11.9 Å². The van der Waals surface area contributed by atoms with Crippen LogP contribution in [0.5, 0.6) is 34.5 Å². The molecule has 0 amide bonds. The van der Waals surface area contributed by atoms with Gasteiger partial charge in [-0.2, -0.15) is 0 Å². The summed E-state index contributed by atoms with van der Waals surface area (Å²) in [6, 6.07) is 20.1. The summed E-state index contributed by atoms with van der Waals surface area (Å²) < 4.78 is 11.4. The van der Waals surface area contributed by atoms with Crippen LogP contribution >= 0.6 is 0 Å². The number of benzene rings is 4. The van der Waals surface area contributed by atoms with Crippen molar-refractivity contribution < 1.29 is 39.5 Å². The highest BCUT2D eigenvalue weighted by atomic mass is 16.6. The van der Waals surface area contributed by atoms with Crippen molar-refractivity contribution in [1.29, 1.82) is 0 Å². The SMILES string of the molecule is CCCC(=O)Oc1c(OC(=O)Cc2ccccc2)c(-c2ccc(O)cc2)c(O)c(O)c1-c1ccc(O)cc1. The van der Waals surface area contributed by atoms with E-state index in [4.69, 9.17) is 9.47 Å². The lowest BCUT2D eigenvalue weighted by Crippen LogP contribution is -2.15. The van der Waals surface area contributed by atoms with E-state index in [9.17, 15) is 30.0 Å². The average Bonchev–Trinajstić information content (AvgIpc) is 2.90. The Hall–Kier alpha value is -4.98. The topological polar surface area (TPSA) is 134 Å². The Morgan fingerprint density at radius 1 is 0.632 bits per heavy atom. The first-order chi connectivity index (χ1) is 18.3. The number of rotatable bonds is 8. The third kappa shape index (κ3) is 5.70. The Kier molecular flexibility index (Phi) is 7.82. The van der Waals surface area contributed by atoms with Gasteiger partial charge in [-0.05, 0) is 47.4 Å². The summed E-state index contributed by atoms with van der Waals surface area (Å²) in [6.45, 7) is 1.79. The van der Waals surface area contributed by atoms with Crippen LogP contribution in [0.25, 0.3) is 22.3 Å². The van der Waals surface area contributed by atoms with E-state index in [0.717, 1.165) is 0 Å². The molecule has 0 heterocycles. The molecule has 0 saturated carbocycles.